The first kappa shape index (κ1) is 16.7. The molecule has 4 nitrogen and oxygen atoms in total. The molecule has 0 radical (unpaired) electrons. The zero-order chi connectivity index (χ0) is 15.6. The van der Waals surface area contributed by atoms with Crippen LogP contribution < -0.4 is 10.1 Å². The van der Waals surface area contributed by atoms with Crippen LogP contribution in [0.5, 0.6) is 5.88 Å². The third-order valence-corrected chi connectivity index (χ3v) is 4.25. The van der Waals surface area contributed by atoms with Crippen molar-refractivity contribution in [3.63, 3.8) is 0 Å². The van der Waals surface area contributed by atoms with Gasteiger partial charge < -0.3 is 10.1 Å². The lowest BCUT2D eigenvalue weighted by atomic mass is 10.1. The topological polar surface area (TPSA) is 39.1 Å². The van der Waals surface area contributed by atoms with Crippen LogP contribution in [-0.4, -0.2) is 29.5 Å². The first-order valence-electron chi connectivity index (χ1n) is 7.89. The highest BCUT2D eigenvalue weighted by Crippen LogP contribution is 2.28. The van der Waals surface area contributed by atoms with E-state index in [1.165, 1.54) is 6.07 Å². The van der Waals surface area contributed by atoms with E-state index < -0.39 is 0 Å². The molecule has 1 N–H and O–H groups in total. The van der Waals surface area contributed by atoms with E-state index in [2.05, 4.69) is 10.4 Å². The fourth-order valence-corrected chi connectivity index (χ4v) is 3.00. The SMILES string of the molecule is Cl.Fc1ccccc1-n1nc(OC[C@@H]2CCNC2)c2ccccc21. The van der Waals surface area contributed by atoms with Gasteiger partial charge in [-0.15, -0.1) is 17.5 Å². The van der Waals surface area contributed by atoms with Gasteiger partial charge in [0.05, 0.1) is 17.5 Å². The van der Waals surface area contributed by atoms with E-state index in [4.69, 9.17) is 4.74 Å². The van der Waals surface area contributed by atoms with Crippen molar-refractivity contribution in [2.45, 2.75) is 6.42 Å². The average molecular weight is 348 g/mol. The van der Waals surface area contributed by atoms with Gasteiger partial charge in [-0.25, -0.2) is 9.07 Å². The molecular formula is C18H19ClFN3O. The van der Waals surface area contributed by atoms with Gasteiger partial charge in [-0.3, -0.25) is 0 Å². The fraction of sp³-hybridized carbons (Fsp3) is 0.278. The Morgan fingerprint density at radius 2 is 1.96 bits per heavy atom. The van der Waals surface area contributed by atoms with Crippen LogP contribution in [0.2, 0.25) is 0 Å². The van der Waals surface area contributed by atoms with E-state index in [0.29, 0.717) is 24.1 Å². The predicted molar refractivity (Wildman–Crippen MR) is 94.7 cm³/mol. The minimum atomic E-state index is -0.299. The summed E-state index contributed by atoms with van der Waals surface area (Å²) < 4.78 is 21.7. The number of aromatic nitrogens is 2. The lowest BCUT2D eigenvalue weighted by Gasteiger charge is -2.08. The Bertz CT molecular complexity index is 830. The molecular weight excluding hydrogens is 329 g/mol. The third-order valence-electron chi connectivity index (χ3n) is 4.25. The van der Waals surface area contributed by atoms with E-state index in [0.717, 1.165) is 30.4 Å². The van der Waals surface area contributed by atoms with Crippen molar-refractivity contribution in [1.82, 2.24) is 15.1 Å². The summed E-state index contributed by atoms with van der Waals surface area (Å²) in [6.07, 6.45) is 1.12. The number of para-hydroxylation sites is 2. The molecule has 1 fully saturated rings. The molecule has 1 saturated heterocycles. The standard InChI is InChI=1S/C18H18FN3O.ClH/c19-15-6-2-4-8-17(15)22-16-7-3-1-5-14(16)18(21-22)23-12-13-9-10-20-11-13;/h1-8,13,20H,9-12H2;1H/t13-;/m1./s1. The van der Waals surface area contributed by atoms with Crippen LogP contribution in [0.15, 0.2) is 48.5 Å². The minimum Gasteiger partial charge on any atom is -0.476 e. The summed E-state index contributed by atoms with van der Waals surface area (Å²) in [5.74, 6) is 0.774. The molecule has 0 bridgehead atoms. The Balaban J connectivity index is 0.00000169. The summed E-state index contributed by atoms with van der Waals surface area (Å²) in [7, 11) is 0. The number of nitrogens with zero attached hydrogens (tertiary/aromatic N) is 2. The molecule has 126 valence electrons. The molecule has 24 heavy (non-hydrogen) atoms. The number of rotatable bonds is 4. The highest BCUT2D eigenvalue weighted by molar-refractivity contribution is 5.86. The lowest BCUT2D eigenvalue weighted by Crippen LogP contribution is -2.15. The van der Waals surface area contributed by atoms with Crippen LogP contribution >= 0.6 is 12.4 Å². The Kier molecular flexibility index (Phi) is 5.02. The summed E-state index contributed by atoms with van der Waals surface area (Å²) in [5.41, 5.74) is 1.28. The summed E-state index contributed by atoms with van der Waals surface area (Å²) >= 11 is 0. The molecule has 1 atom stereocenters. The molecule has 0 amide bonds. The lowest BCUT2D eigenvalue weighted by molar-refractivity contribution is 0.252. The van der Waals surface area contributed by atoms with Crippen LogP contribution in [0.25, 0.3) is 16.6 Å². The molecule has 1 aromatic heterocycles. The fourth-order valence-electron chi connectivity index (χ4n) is 3.00. The monoisotopic (exact) mass is 347 g/mol. The van der Waals surface area contributed by atoms with Gasteiger partial charge in [0.25, 0.3) is 0 Å². The number of ether oxygens (including phenoxy) is 1. The molecule has 2 aromatic carbocycles. The van der Waals surface area contributed by atoms with Gasteiger partial charge in [0.2, 0.25) is 5.88 Å². The van der Waals surface area contributed by atoms with Crippen LogP contribution in [-0.2, 0) is 0 Å². The molecule has 1 aliphatic heterocycles. The van der Waals surface area contributed by atoms with Crippen molar-refractivity contribution < 1.29 is 9.13 Å². The van der Waals surface area contributed by atoms with Crippen molar-refractivity contribution in [3.05, 3.63) is 54.3 Å². The smallest absolute Gasteiger partial charge is 0.241 e. The van der Waals surface area contributed by atoms with Gasteiger partial charge in [0.15, 0.2) is 0 Å². The largest absolute Gasteiger partial charge is 0.476 e. The highest BCUT2D eigenvalue weighted by atomic mass is 35.5. The quantitative estimate of drug-likeness (QED) is 0.784. The second-order valence-electron chi connectivity index (χ2n) is 5.86. The number of halogens is 2. The number of fused-ring (bicyclic) bond motifs is 1. The Hall–Kier alpha value is -2.11. The van der Waals surface area contributed by atoms with Gasteiger partial charge >= 0.3 is 0 Å². The van der Waals surface area contributed by atoms with E-state index >= 15 is 0 Å². The van der Waals surface area contributed by atoms with Crippen LogP contribution in [0.1, 0.15) is 6.42 Å². The first-order chi connectivity index (χ1) is 11.3. The minimum absolute atomic E-state index is 0. The maximum atomic E-state index is 14.1. The second-order valence-corrected chi connectivity index (χ2v) is 5.86. The second kappa shape index (κ2) is 7.20. The zero-order valence-electron chi connectivity index (χ0n) is 13.1. The Labute approximate surface area is 146 Å². The first-order valence-corrected chi connectivity index (χ1v) is 7.89. The summed E-state index contributed by atoms with van der Waals surface area (Å²) in [5, 5.41) is 8.75. The van der Waals surface area contributed by atoms with Gasteiger partial charge in [0.1, 0.15) is 11.5 Å². The van der Waals surface area contributed by atoms with Crippen molar-refractivity contribution in [3.8, 4) is 11.6 Å². The molecule has 0 unspecified atom stereocenters. The molecule has 0 aliphatic carbocycles. The molecule has 2 heterocycles. The van der Waals surface area contributed by atoms with Gasteiger partial charge in [-0.05, 0) is 37.2 Å². The summed E-state index contributed by atoms with van der Waals surface area (Å²) in [4.78, 5) is 0. The predicted octanol–water partition coefficient (Wildman–Crippen LogP) is 3.57. The molecule has 0 spiro atoms. The van der Waals surface area contributed by atoms with E-state index in [-0.39, 0.29) is 18.2 Å². The van der Waals surface area contributed by atoms with Crippen LogP contribution in [0, 0.1) is 11.7 Å². The molecule has 1 aliphatic rings. The number of hydrogen-bond donors (Lipinski definition) is 1. The number of nitrogens with one attached hydrogen (secondary N) is 1. The van der Waals surface area contributed by atoms with Gasteiger partial charge in [0, 0.05) is 12.5 Å². The van der Waals surface area contributed by atoms with E-state index in [1.54, 1.807) is 22.9 Å². The molecule has 0 saturated carbocycles. The zero-order valence-corrected chi connectivity index (χ0v) is 13.9. The Morgan fingerprint density at radius 3 is 2.75 bits per heavy atom. The number of hydrogen-bond acceptors (Lipinski definition) is 3. The van der Waals surface area contributed by atoms with Crippen molar-refractivity contribution >= 4 is 23.3 Å². The third kappa shape index (κ3) is 3.09. The Morgan fingerprint density at radius 1 is 1.17 bits per heavy atom. The average Bonchev–Trinajstić information content (AvgIpc) is 3.21. The van der Waals surface area contributed by atoms with Crippen molar-refractivity contribution in [2.24, 2.45) is 5.92 Å². The van der Waals surface area contributed by atoms with Gasteiger partial charge in [-0.2, -0.15) is 0 Å². The molecule has 3 aromatic rings. The van der Waals surface area contributed by atoms with Crippen LogP contribution in [0.3, 0.4) is 0 Å². The van der Waals surface area contributed by atoms with E-state index in [9.17, 15) is 4.39 Å². The number of benzene rings is 2. The van der Waals surface area contributed by atoms with Crippen LogP contribution in [0.4, 0.5) is 4.39 Å². The maximum Gasteiger partial charge on any atom is 0.241 e. The molecule has 6 heteroatoms. The molecule has 4 rings (SSSR count). The maximum absolute atomic E-state index is 14.1. The summed E-state index contributed by atoms with van der Waals surface area (Å²) in [6.45, 7) is 2.65. The van der Waals surface area contributed by atoms with E-state index in [1.807, 2.05) is 24.3 Å². The van der Waals surface area contributed by atoms with Gasteiger partial charge in [-0.1, -0.05) is 24.3 Å². The van der Waals surface area contributed by atoms with Crippen molar-refractivity contribution in [2.75, 3.05) is 19.7 Å². The summed E-state index contributed by atoms with van der Waals surface area (Å²) in [6, 6.07) is 14.4. The highest BCUT2D eigenvalue weighted by Gasteiger charge is 2.18. The van der Waals surface area contributed by atoms with Crippen molar-refractivity contribution in [1.29, 1.82) is 0 Å². The normalized spacial score (nSPS) is 17.0.